The van der Waals surface area contributed by atoms with Gasteiger partial charge in [-0.2, -0.15) is 0 Å². The second-order valence-corrected chi connectivity index (χ2v) is 7.24. The largest absolute Gasteiger partial charge is 0.340 e. The van der Waals surface area contributed by atoms with Gasteiger partial charge in [-0.15, -0.1) is 0 Å². The maximum absolute atomic E-state index is 13.4. The first-order chi connectivity index (χ1) is 11.5. The Morgan fingerprint density at radius 2 is 2.21 bits per heavy atom. The summed E-state index contributed by atoms with van der Waals surface area (Å²) in [6.45, 7) is 4.84. The topological polar surface area (TPSA) is 32.3 Å². The molecule has 1 aliphatic heterocycles. The molecular weight excluding hydrogens is 371 g/mol. The Hall–Kier alpha value is -1.53. The Morgan fingerprint density at radius 1 is 1.38 bits per heavy atom. The smallest absolute Gasteiger partial charge is 0.225 e. The van der Waals surface area contributed by atoms with E-state index in [1.807, 2.05) is 31.3 Å². The summed E-state index contributed by atoms with van der Waals surface area (Å²) in [6.07, 6.45) is 4.09. The van der Waals surface area contributed by atoms with Gasteiger partial charge in [0, 0.05) is 38.1 Å². The lowest BCUT2D eigenvalue weighted by Crippen LogP contribution is -2.46. The van der Waals surface area contributed by atoms with Gasteiger partial charge in [0.1, 0.15) is 5.82 Å². The number of anilines is 1. The van der Waals surface area contributed by atoms with Crippen molar-refractivity contribution in [1.29, 1.82) is 0 Å². The highest BCUT2D eigenvalue weighted by atomic mass is 79.9. The summed E-state index contributed by atoms with van der Waals surface area (Å²) in [5.41, 5.74) is 2.11. The van der Waals surface area contributed by atoms with Gasteiger partial charge >= 0.3 is 0 Å². The average molecular weight is 393 g/mol. The van der Waals surface area contributed by atoms with Crippen LogP contribution in [0, 0.1) is 12.7 Å². The van der Waals surface area contributed by atoms with Gasteiger partial charge in [-0.3, -0.25) is 4.90 Å². The monoisotopic (exact) mass is 392 g/mol. The standard InChI is InChI=1S/C18H22BrFN4/c1-13-7-8-21-18(22-13)23(2)15-4-3-9-24(12-15)11-14-5-6-17(20)16(19)10-14/h5-8,10,15H,3-4,9,11-12H2,1-2H3. The molecule has 1 aliphatic rings. The van der Waals surface area contributed by atoms with Crippen LogP contribution in [-0.2, 0) is 6.54 Å². The molecule has 1 unspecified atom stereocenters. The number of rotatable bonds is 4. The molecule has 1 atom stereocenters. The second kappa shape index (κ2) is 7.57. The number of hydrogen-bond acceptors (Lipinski definition) is 4. The van der Waals surface area contributed by atoms with E-state index in [1.165, 1.54) is 6.07 Å². The van der Waals surface area contributed by atoms with Crippen molar-refractivity contribution in [1.82, 2.24) is 14.9 Å². The average Bonchev–Trinajstić information content (AvgIpc) is 2.58. The molecule has 0 amide bonds. The fourth-order valence-electron chi connectivity index (χ4n) is 3.16. The summed E-state index contributed by atoms with van der Waals surface area (Å²) in [5, 5.41) is 0. The zero-order chi connectivity index (χ0) is 17.1. The lowest BCUT2D eigenvalue weighted by atomic mass is 10.0. The number of halogens is 2. The zero-order valence-electron chi connectivity index (χ0n) is 14.0. The lowest BCUT2D eigenvalue weighted by molar-refractivity contribution is 0.198. The Kier molecular flexibility index (Phi) is 5.46. The molecule has 1 aromatic heterocycles. The van der Waals surface area contributed by atoms with Crippen LogP contribution in [0.5, 0.6) is 0 Å². The van der Waals surface area contributed by atoms with Crippen LogP contribution in [0.25, 0.3) is 0 Å². The zero-order valence-corrected chi connectivity index (χ0v) is 15.6. The third kappa shape index (κ3) is 4.11. The first-order valence-corrected chi connectivity index (χ1v) is 9.01. The molecule has 1 fully saturated rings. The van der Waals surface area contributed by atoms with Crippen LogP contribution in [0.2, 0.25) is 0 Å². The van der Waals surface area contributed by atoms with E-state index < -0.39 is 0 Å². The van der Waals surface area contributed by atoms with Gasteiger partial charge in [-0.05, 0) is 66.0 Å². The quantitative estimate of drug-likeness (QED) is 0.792. The summed E-state index contributed by atoms with van der Waals surface area (Å²) in [4.78, 5) is 13.5. The van der Waals surface area contributed by atoms with Gasteiger partial charge in [0.05, 0.1) is 4.47 Å². The van der Waals surface area contributed by atoms with Gasteiger partial charge in [-0.1, -0.05) is 6.07 Å². The van der Waals surface area contributed by atoms with Crippen molar-refractivity contribution in [2.24, 2.45) is 0 Å². The van der Waals surface area contributed by atoms with Crippen LogP contribution in [0.4, 0.5) is 10.3 Å². The number of likely N-dealkylation sites (N-methyl/N-ethyl adjacent to an activating group) is 1. The molecule has 2 aromatic rings. The van der Waals surface area contributed by atoms with Gasteiger partial charge in [-0.25, -0.2) is 14.4 Å². The van der Waals surface area contributed by atoms with Crippen molar-refractivity contribution in [3.8, 4) is 0 Å². The van der Waals surface area contributed by atoms with Crippen molar-refractivity contribution in [2.45, 2.75) is 32.4 Å². The van der Waals surface area contributed by atoms with Gasteiger partial charge < -0.3 is 4.90 Å². The number of likely N-dealkylation sites (tertiary alicyclic amines) is 1. The molecule has 0 aliphatic carbocycles. The summed E-state index contributed by atoms with van der Waals surface area (Å²) in [7, 11) is 2.07. The van der Waals surface area contributed by atoms with Crippen molar-refractivity contribution in [3.05, 3.63) is 52.0 Å². The molecule has 24 heavy (non-hydrogen) atoms. The molecule has 0 radical (unpaired) electrons. The van der Waals surface area contributed by atoms with E-state index in [2.05, 4.69) is 42.7 Å². The number of nitrogens with zero attached hydrogens (tertiary/aromatic N) is 4. The molecule has 6 heteroatoms. The predicted molar refractivity (Wildman–Crippen MR) is 97.6 cm³/mol. The van der Waals surface area contributed by atoms with Crippen molar-refractivity contribution in [2.75, 3.05) is 25.0 Å². The van der Waals surface area contributed by atoms with Gasteiger partial charge in [0.2, 0.25) is 5.95 Å². The Balaban J connectivity index is 1.66. The van der Waals surface area contributed by atoms with Crippen LogP contribution in [-0.4, -0.2) is 41.0 Å². The van der Waals surface area contributed by atoms with E-state index in [1.54, 1.807) is 0 Å². The Bertz CT molecular complexity index is 709. The summed E-state index contributed by atoms with van der Waals surface area (Å²) in [5.74, 6) is 0.568. The molecule has 4 nitrogen and oxygen atoms in total. The molecule has 0 N–H and O–H groups in total. The van der Waals surface area contributed by atoms with E-state index >= 15 is 0 Å². The second-order valence-electron chi connectivity index (χ2n) is 6.39. The van der Waals surface area contributed by atoms with E-state index in [0.29, 0.717) is 10.5 Å². The normalized spacial score (nSPS) is 18.6. The molecule has 2 heterocycles. The van der Waals surface area contributed by atoms with E-state index in [-0.39, 0.29) is 5.82 Å². The van der Waals surface area contributed by atoms with E-state index in [4.69, 9.17) is 0 Å². The molecule has 0 spiro atoms. The Labute approximate surface area is 150 Å². The molecule has 128 valence electrons. The molecule has 0 saturated carbocycles. The van der Waals surface area contributed by atoms with Crippen molar-refractivity contribution < 1.29 is 4.39 Å². The predicted octanol–water partition coefficient (Wildman–Crippen LogP) is 3.79. The minimum absolute atomic E-state index is 0.216. The highest BCUT2D eigenvalue weighted by molar-refractivity contribution is 9.10. The maximum atomic E-state index is 13.4. The minimum atomic E-state index is -0.216. The van der Waals surface area contributed by atoms with Gasteiger partial charge in [0.15, 0.2) is 0 Å². The third-order valence-corrected chi connectivity index (χ3v) is 5.12. The summed E-state index contributed by atoms with van der Waals surface area (Å²) < 4.78 is 13.9. The number of hydrogen-bond donors (Lipinski definition) is 0. The van der Waals surface area contributed by atoms with Crippen LogP contribution in [0.3, 0.4) is 0 Å². The maximum Gasteiger partial charge on any atom is 0.225 e. The van der Waals surface area contributed by atoms with Crippen LogP contribution >= 0.6 is 15.9 Å². The summed E-state index contributed by atoms with van der Waals surface area (Å²) >= 11 is 3.27. The molecule has 3 rings (SSSR count). The minimum Gasteiger partial charge on any atom is -0.340 e. The highest BCUT2D eigenvalue weighted by Crippen LogP contribution is 2.22. The van der Waals surface area contributed by atoms with Crippen LogP contribution < -0.4 is 4.90 Å². The fourth-order valence-corrected chi connectivity index (χ4v) is 3.58. The van der Waals surface area contributed by atoms with E-state index in [9.17, 15) is 4.39 Å². The number of piperidine rings is 1. The molecular formula is C18H22BrFN4. The number of aromatic nitrogens is 2. The third-order valence-electron chi connectivity index (χ3n) is 4.52. The Morgan fingerprint density at radius 3 is 2.96 bits per heavy atom. The molecule has 0 bridgehead atoms. The first kappa shape index (κ1) is 17.3. The fraction of sp³-hybridized carbons (Fsp3) is 0.444. The van der Waals surface area contributed by atoms with Crippen LogP contribution in [0.1, 0.15) is 24.1 Å². The highest BCUT2D eigenvalue weighted by Gasteiger charge is 2.24. The van der Waals surface area contributed by atoms with Gasteiger partial charge in [0.25, 0.3) is 0 Å². The van der Waals surface area contributed by atoms with E-state index in [0.717, 1.165) is 49.7 Å². The van der Waals surface area contributed by atoms with Crippen LogP contribution in [0.15, 0.2) is 34.9 Å². The SMILES string of the molecule is Cc1ccnc(N(C)C2CCCN(Cc3ccc(F)c(Br)c3)C2)n1. The number of benzene rings is 1. The first-order valence-electron chi connectivity index (χ1n) is 8.21. The molecule has 1 saturated heterocycles. The number of aryl methyl sites for hydroxylation is 1. The van der Waals surface area contributed by atoms with Crippen molar-refractivity contribution >= 4 is 21.9 Å². The van der Waals surface area contributed by atoms with Crippen molar-refractivity contribution in [3.63, 3.8) is 0 Å². The lowest BCUT2D eigenvalue weighted by Gasteiger charge is -2.37. The summed E-state index contributed by atoms with van der Waals surface area (Å²) in [6, 6.07) is 7.55. The molecule has 1 aromatic carbocycles.